The van der Waals surface area contributed by atoms with Gasteiger partial charge in [-0.15, -0.1) is 0 Å². The van der Waals surface area contributed by atoms with Crippen LogP contribution in [0.15, 0.2) is 15.2 Å². The largest absolute Gasteiger partial charge is 0.453 e. The Balaban J connectivity index is 2.45. The average molecular weight is 258 g/mol. The molecule has 0 amide bonds. The predicted molar refractivity (Wildman–Crippen MR) is 60.3 cm³/mol. The zero-order valence-electron chi connectivity index (χ0n) is 8.86. The standard InChI is InChI=1S/C11H16BrNO/c1-7-6-8(12)14-9(7)11(4-5-11)10(2,3)13/h6H,4-5,13H2,1-3H3. The van der Waals surface area contributed by atoms with Crippen molar-refractivity contribution in [1.29, 1.82) is 0 Å². The van der Waals surface area contributed by atoms with Gasteiger partial charge < -0.3 is 10.2 Å². The summed E-state index contributed by atoms with van der Waals surface area (Å²) < 4.78 is 6.51. The van der Waals surface area contributed by atoms with Crippen molar-refractivity contribution in [3.05, 3.63) is 22.1 Å². The molecule has 1 aliphatic carbocycles. The molecule has 0 radical (unpaired) electrons. The van der Waals surface area contributed by atoms with Crippen LogP contribution in [0.5, 0.6) is 0 Å². The molecule has 1 aromatic rings. The smallest absolute Gasteiger partial charge is 0.169 e. The van der Waals surface area contributed by atoms with Crippen LogP contribution in [0.2, 0.25) is 0 Å². The van der Waals surface area contributed by atoms with Gasteiger partial charge in [0.05, 0.1) is 0 Å². The molecule has 0 aliphatic heterocycles. The molecule has 2 N–H and O–H groups in total. The van der Waals surface area contributed by atoms with E-state index in [4.69, 9.17) is 10.2 Å². The molecular weight excluding hydrogens is 242 g/mol. The van der Waals surface area contributed by atoms with E-state index in [1.165, 1.54) is 5.56 Å². The molecule has 1 heterocycles. The second-order valence-electron chi connectivity index (χ2n) is 4.87. The SMILES string of the molecule is Cc1cc(Br)oc1C1(C(C)(C)N)CC1. The van der Waals surface area contributed by atoms with E-state index < -0.39 is 0 Å². The Labute approximate surface area is 93.0 Å². The summed E-state index contributed by atoms with van der Waals surface area (Å²) in [6.07, 6.45) is 2.27. The molecule has 2 nitrogen and oxygen atoms in total. The Morgan fingerprint density at radius 1 is 1.50 bits per heavy atom. The van der Waals surface area contributed by atoms with Crippen molar-refractivity contribution in [3.8, 4) is 0 Å². The molecule has 0 unspecified atom stereocenters. The molecule has 78 valence electrons. The molecule has 0 aromatic carbocycles. The molecule has 2 rings (SSSR count). The number of halogens is 1. The number of nitrogens with two attached hydrogens (primary N) is 1. The number of hydrogen-bond donors (Lipinski definition) is 1. The molecule has 0 spiro atoms. The predicted octanol–water partition coefficient (Wildman–Crippen LogP) is 3.12. The van der Waals surface area contributed by atoms with Gasteiger partial charge in [0.1, 0.15) is 5.76 Å². The van der Waals surface area contributed by atoms with Gasteiger partial charge in [0.25, 0.3) is 0 Å². The first-order chi connectivity index (χ1) is 6.37. The van der Waals surface area contributed by atoms with Crippen molar-refractivity contribution in [2.45, 2.75) is 44.6 Å². The fourth-order valence-electron chi connectivity index (χ4n) is 2.21. The van der Waals surface area contributed by atoms with E-state index in [2.05, 4.69) is 36.7 Å². The Hall–Kier alpha value is -0.280. The van der Waals surface area contributed by atoms with Gasteiger partial charge in [0.15, 0.2) is 4.67 Å². The van der Waals surface area contributed by atoms with Crippen LogP contribution in [0, 0.1) is 6.92 Å². The quantitative estimate of drug-likeness (QED) is 0.885. The Morgan fingerprint density at radius 3 is 2.36 bits per heavy atom. The number of rotatable bonds is 2. The second-order valence-corrected chi connectivity index (χ2v) is 5.65. The van der Waals surface area contributed by atoms with Crippen molar-refractivity contribution >= 4 is 15.9 Å². The van der Waals surface area contributed by atoms with E-state index >= 15 is 0 Å². The van der Waals surface area contributed by atoms with Crippen LogP contribution in [-0.2, 0) is 5.41 Å². The van der Waals surface area contributed by atoms with E-state index in [0.29, 0.717) is 0 Å². The van der Waals surface area contributed by atoms with Crippen molar-refractivity contribution < 1.29 is 4.42 Å². The summed E-state index contributed by atoms with van der Waals surface area (Å²) in [7, 11) is 0. The van der Waals surface area contributed by atoms with Crippen LogP contribution in [-0.4, -0.2) is 5.54 Å². The van der Waals surface area contributed by atoms with Crippen LogP contribution in [0.1, 0.15) is 38.0 Å². The van der Waals surface area contributed by atoms with Gasteiger partial charge in [0, 0.05) is 11.0 Å². The maximum absolute atomic E-state index is 6.21. The summed E-state index contributed by atoms with van der Waals surface area (Å²) in [4.78, 5) is 0. The fourth-order valence-corrected chi connectivity index (χ4v) is 2.71. The highest BCUT2D eigenvalue weighted by Crippen LogP contribution is 2.56. The minimum Gasteiger partial charge on any atom is -0.453 e. The summed E-state index contributed by atoms with van der Waals surface area (Å²) in [6, 6.07) is 2.02. The topological polar surface area (TPSA) is 39.2 Å². The lowest BCUT2D eigenvalue weighted by Crippen LogP contribution is -2.45. The number of furan rings is 1. The first-order valence-electron chi connectivity index (χ1n) is 4.92. The van der Waals surface area contributed by atoms with Gasteiger partial charge >= 0.3 is 0 Å². The summed E-state index contributed by atoms with van der Waals surface area (Å²) in [6.45, 7) is 6.24. The van der Waals surface area contributed by atoms with Crippen LogP contribution in [0.4, 0.5) is 0 Å². The summed E-state index contributed by atoms with van der Waals surface area (Å²) in [5, 5.41) is 0. The molecule has 1 aromatic heterocycles. The molecule has 1 aliphatic rings. The minimum absolute atomic E-state index is 0.0725. The fraction of sp³-hybridized carbons (Fsp3) is 0.636. The lowest BCUT2D eigenvalue weighted by Gasteiger charge is -2.29. The zero-order valence-corrected chi connectivity index (χ0v) is 10.4. The molecule has 0 bridgehead atoms. The Morgan fingerprint density at radius 2 is 2.07 bits per heavy atom. The van der Waals surface area contributed by atoms with Crippen LogP contribution >= 0.6 is 15.9 Å². The van der Waals surface area contributed by atoms with Gasteiger partial charge in [-0.2, -0.15) is 0 Å². The number of hydrogen-bond acceptors (Lipinski definition) is 2. The molecule has 14 heavy (non-hydrogen) atoms. The third kappa shape index (κ3) is 1.34. The third-order valence-electron chi connectivity index (χ3n) is 3.31. The summed E-state index contributed by atoms with van der Waals surface area (Å²) in [5.74, 6) is 1.07. The summed E-state index contributed by atoms with van der Waals surface area (Å²) in [5.41, 5.74) is 7.29. The van der Waals surface area contributed by atoms with Crippen molar-refractivity contribution in [1.82, 2.24) is 0 Å². The van der Waals surface area contributed by atoms with Crippen LogP contribution < -0.4 is 5.73 Å². The molecule has 0 saturated heterocycles. The average Bonchev–Trinajstić information content (AvgIpc) is 2.73. The Bertz CT molecular complexity index is 358. The minimum atomic E-state index is -0.199. The lowest BCUT2D eigenvalue weighted by atomic mass is 9.82. The van der Waals surface area contributed by atoms with Crippen molar-refractivity contribution in [2.24, 2.45) is 5.73 Å². The molecule has 1 saturated carbocycles. The second kappa shape index (κ2) is 2.86. The normalized spacial score (nSPS) is 19.8. The van der Waals surface area contributed by atoms with Crippen molar-refractivity contribution in [3.63, 3.8) is 0 Å². The van der Waals surface area contributed by atoms with Gasteiger partial charge in [-0.1, -0.05) is 0 Å². The van der Waals surface area contributed by atoms with Gasteiger partial charge in [-0.3, -0.25) is 0 Å². The first kappa shape index (κ1) is 10.2. The van der Waals surface area contributed by atoms with Crippen LogP contribution in [0.3, 0.4) is 0 Å². The van der Waals surface area contributed by atoms with Crippen LogP contribution in [0.25, 0.3) is 0 Å². The summed E-state index contributed by atoms with van der Waals surface area (Å²) >= 11 is 3.36. The van der Waals surface area contributed by atoms with E-state index in [1.807, 2.05) is 6.07 Å². The van der Waals surface area contributed by atoms with Crippen molar-refractivity contribution in [2.75, 3.05) is 0 Å². The molecule has 3 heteroatoms. The molecule has 1 fully saturated rings. The number of aryl methyl sites for hydroxylation is 1. The Kier molecular flexibility index (Phi) is 2.09. The highest BCUT2D eigenvalue weighted by Gasteiger charge is 2.56. The van der Waals surface area contributed by atoms with Gasteiger partial charge in [-0.25, -0.2) is 0 Å². The van der Waals surface area contributed by atoms with E-state index in [1.54, 1.807) is 0 Å². The molecule has 0 atom stereocenters. The first-order valence-corrected chi connectivity index (χ1v) is 5.71. The molecular formula is C11H16BrNO. The third-order valence-corrected chi connectivity index (χ3v) is 3.70. The highest BCUT2D eigenvalue weighted by molar-refractivity contribution is 9.10. The zero-order chi connectivity index (χ0) is 10.6. The van der Waals surface area contributed by atoms with Gasteiger partial charge in [-0.05, 0) is 61.2 Å². The maximum Gasteiger partial charge on any atom is 0.169 e. The lowest BCUT2D eigenvalue weighted by molar-refractivity contribution is 0.321. The monoisotopic (exact) mass is 257 g/mol. The highest BCUT2D eigenvalue weighted by atomic mass is 79.9. The van der Waals surface area contributed by atoms with E-state index in [0.717, 1.165) is 23.3 Å². The van der Waals surface area contributed by atoms with E-state index in [-0.39, 0.29) is 11.0 Å². The van der Waals surface area contributed by atoms with E-state index in [9.17, 15) is 0 Å². The van der Waals surface area contributed by atoms with Gasteiger partial charge in [0.2, 0.25) is 0 Å². The maximum atomic E-state index is 6.21.